The summed E-state index contributed by atoms with van der Waals surface area (Å²) in [6.45, 7) is 0. The number of amides is 1. The van der Waals surface area contributed by atoms with E-state index in [9.17, 15) is 4.79 Å². The third kappa shape index (κ3) is 3.57. The minimum atomic E-state index is -0.265. The van der Waals surface area contributed by atoms with Gasteiger partial charge in [0, 0.05) is 5.69 Å². The van der Waals surface area contributed by atoms with Crippen LogP contribution in [0.5, 0.6) is 0 Å². The van der Waals surface area contributed by atoms with Crippen LogP contribution in [0.3, 0.4) is 0 Å². The normalized spacial score (nSPS) is 15.8. The summed E-state index contributed by atoms with van der Waals surface area (Å²) in [4.78, 5) is 12.2. The van der Waals surface area contributed by atoms with Crippen LogP contribution in [0.2, 0.25) is 0 Å². The van der Waals surface area contributed by atoms with Gasteiger partial charge in [-0.25, -0.2) is 0 Å². The van der Waals surface area contributed by atoms with Crippen molar-refractivity contribution in [2.24, 2.45) is 0 Å². The molecule has 0 aliphatic heterocycles. The van der Waals surface area contributed by atoms with E-state index in [1.165, 1.54) is 11.1 Å². The van der Waals surface area contributed by atoms with Crippen LogP contribution >= 0.6 is 0 Å². The van der Waals surface area contributed by atoms with Crippen molar-refractivity contribution in [2.75, 3.05) is 10.6 Å². The summed E-state index contributed by atoms with van der Waals surface area (Å²) in [6.07, 6.45) is 3.34. The Morgan fingerprint density at radius 1 is 0.923 bits per heavy atom. The van der Waals surface area contributed by atoms with Crippen LogP contribution in [-0.4, -0.2) is 16.1 Å². The molecule has 1 amide bonds. The van der Waals surface area contributed by atoms with Crippen molar-refractivity contribution < 1.29 is 4.79 Å². The molecule has 5 nitrogen and oxygen atoms in total. The Kier molecular flexibility index (Phi) is 4.60. The first-order valence-electron chi connectivity index (χ1n) is 8.84. The Morgan fingerprint density at radius 3 is 2.54 bits per heavy atom. The second-order valence-corrected chi connectivity index (χ2v) is 6.41. The van der Waals surface area contributed by atoms with Gasteiger partial charge in [-0.15, -0.1) is 10.2 Å². The molecule has 1 heterocycles. The molecule has 0 radical (unpaired) electrons. The fourth-order valence-corrected chi connectivity index (χ4v) is 3.33. The summed E-state index contributed by atoms with van der Waals surface area (Å²) in [7, 11) is 0. The summed E-state index contributed by atoms with van der Waals surface area (Å²) >= 11 is 0. The van der Waals surface area contributed by atoms with Crippen molar-refractivity contribution in [1.82, 2.24) is 10.2 Å². The number of hydrogen-bond acceptors (Lipinski definition) is 4. The van der Waals surface area contributed by atoms with Crippen LogP contribution in [0.25, 0.3) is 0 Å². The summed E-state index contributed by atoms with van der Waals surface area (Å²) in [5.41, 5.74) is 3.75. The van der Waals surface area contributed by atoms with E-state index in [-0.39, 0.29) is 11.9 Å². The number of anilines is 2. The Bertz CT molecular complexity index is 893. The molecule has 0 fully saturated rings. The smallest absolute Gasteiger partial charge is 0.276 e. The molecule has 5 heteroatoms. The average Bonchev–Trinajstić information content (AvgIpc) is 2.70. The Morgan fingerprint density at radius 2 is 1.73 bits per heavy atom. The van der Waals surface area contributed by atoms with Crippen LogP contribution in [-0.2, 0) is 6.42 Å². The number of carbonyl (C=O) groups is 1. The van der Waals surface area contributed by atoms with Gasteiger partial charge in [-0.1, -0.05) is 42.5 Å². The van der Waals surface area contributed by atoms with E-state index in [4.69, 9.17) is 0 Å². The summed E-state index contributed by atoms with van der Waals surface area (Å²) in [5, 5.41) is 14.5. The second kappa shape index (κ2) is 7.35. The predicted molar refractivity (Wildman–Crippen MR) is 102 cm³/mol. The van der Waals surface area contributed by atoms with E-state index in [1.54, 1.807) is 6.07 Å². The molecular weight excluding hydrogens is 324 g/mol. The van der Waals surface area contributed by atoms with E-state index in [1.807, 2.05) is 36.4 Å². The molecule has 0 saturated heterocycles. The minimum Gasteiger partial charge on any atom is -0.362 e. The predicted octanol–water partition coefficient (Wildman–Crippen LogP) is 4.22. The number of benzene rings is 2. The van der Waals surface area contributed by atoms with Crippen molar-refractivity contribution in [1.29, 1.82) is 0 Å². The number of fused-ring (bicyclic) bond motifs is 1. The third-order valence-electron chi connectivity index (χ3n) is 4.62. The fourth-order valence-electron chi connectivity index (χ4n) is 3.33. The zero-order valence-electron chi connectivity index (χ0n) is 14.4. The van der Waals surface area contributed by atoms with Gasteiger partial charge in [0.2, 0.25) is 0 Å². The molecule has 3 aromatic rings. The van der Waals surface area contributed by atoms with Crippen molar-refractivity contribution in [3.8, 4) is 0 Å². The number of nitrogens with zero attached hydrogens (tertiary/aromatic N) is 2. The number of nitrogens with one attached hydrogen (secondary N) is 2. The van der Waals surface area contributed by atoms with Crippen LogP contribution in [0.1, 0.15) is 40.5 Å². The molecule has 4 rings (SSSR count). The first kappa shape index (κ1) is 16.3. The molecule has 0 spiro atoms. The number of carbonyl (C=O) groups excluding carboxylic acids is 1. The van der Waals surface area contributed by atoms with Gasteiger partial charge < -0.3 is 10.6 Å². The highest BCUT2D eigenvalue weighted by atomic mass is 16.1. The lowest BCUT2D eigenvalue weighted by molar-refractivity contribution is 0.102. The van der Waals surface area contributed by atoms with Crippen LogP contribution in [0.4, 0.5) is 11.5 Å². The largest absolute Gasteiger partial charge is 0.362 e. The van der Waals surface area contributed by atoms with Crippen molar-refractivity contribution in [3.63, 3.8) is 0 Å². The summed E-state index contributed by atoms with van der Waals surface area (Å²) in [6, 6.07) is 21.6. The van der Waals surface area contributed by atoms with E-state index >= 15 is 0 Å². The van der Waals surface area contributed by atoms with Gasteiger partial charge in [0.15, 0.2) is 5.69 Å². The van der Waals surface area contributed by atoms with Crippen molar-refractivity contribution >= 4 is 17.4 Å². The van der Waals surface area contributed by atoms with Crippen molar-refractivity contribution in [2.45, 2.75) is 25.3 Å². The van der Waals surface area contributed by atoms with Gasteiger partial charge in [-0.2, -0.15) is 0 Å². The Labute approximate surface area is 152 Å². The molecule has 1 aliphatic carbocycles. The zero-order valence-corrected chi connectivity index (χ0v) is 14.4. The second-order valence-electron chi connectivity index (χ2n) is 6.41. The number of aryl methyl sites for hydroxylation is 1. The van der Waals surface area contributed by atoms with Gasteiger partial charge in [-0.3, -0.25) is 4.79 Å². The standard InChI is InChI=1S/C21H20N4O/c26-21(22-16-9-2-1-3-10-16)19-13-14-20(25-24-19)23-18-12-6-8-15-7-4-5-11-17(15)18/h1-5,7,9-11,13-14,18H,6,8,12H2,(H,22,26)(H,23,25). The monoisotopic (exact) mass is 344 g/mol. The quantitative estimate of drug-likeness (QED) is 0.744. The minimum absolute atomic E-state index is 0.234. The van der Waals surface area contributed by atoms with Gasteiger partial charge in [0.25, 0.3) is 5.91 Å². The SMILES string of the molecule is O=C(Nc1ccccc1)c1ccc(NC2CCCc3ccccc32)nn1. The number of aromatic nitrogens is 2. The van der Waals surface area contributed by atoms with Crippen LogP contribution in [0.15, 0.2) is 66.7 Å². The highest BCUT2D eigenvalue weighted by Gasteiger charge is 2.20. The number of para-hydroxylation sites is 1. The molecule has 1 atom stereocenters. The Hall–Kier alpha value is -3.21. The summed E-state index contributed by atoms with van der Waals surface area (Å²) in [5.74, 6) is 0.418. The molecule has 1 unspecified atom stereocenters. The first-order valence-corrected chi connectivity index (χ1v) is 8.84. The van der Waals surface area contributed by atoms with Crippen molar-refractivity contribution in [3.05, 3.63) is 83.6 Å². The number of hydrogen-bond donors (Lipinski definition) is 2. The molecule has 1 aliphatic rings. The maximum absolute atomic E-state index is 12.2. The lowest BCUT2D eigenvalue weighted by atomic mass is 9.88. The van der Waals surface area contributed by atoms with Crippen LogP contribution < -0.4 is 10.6 Å². The van der Waals surface area contributed by atoms with Gasteiger partial charge in [0.1, 0.15) is 5.82 Å². The molecule has 2 aromatic carbocycles. The fraction of sp³-hybridized carbons (Fsp3) is 0.190. The van der Waals surface area contributed by atoms with Gasteiger partial charge in [-0.05, 0) is 54.7 Å². The van der Waals surface area contributed by atoms with Gasteiger partial charge >= 0.3 is 0 Å². The highest BCUT2D eigenvalue weighted by Crippen LogP contribution is 2.31. The Balaban J connectivity index is 1.45. The molecule has 0 bridgehead atoms. The molecule has 26 heavy (non-hydrogen) atoms. The number of rotatable bonds is 4. The maximum Gasteiger partial charge on any atom is 0.276 e. The third-order valence-corrected chi connectivity index (χ3v) is 4.62. The van der Waals surface area contributed by atoms with Gasteiger partial charge in [0.05, 0.1) is 6.04 Å². The van der Waals surface area contributed by atoms with E-state index in [2.05, 4.69) is 45.1 Å². The highest BCUT2D eigenvalue weighted by molar-refractivity contribution is 6.02. The van der Waals surface area contributed by atoms with E-state index in [0.29, 0.717) is 11.5 Å². The molecule has 2 N–H and O–H groups in total. The average molecular weight is 344 g/mol. The lowest BCUT2D eigenvalue weighted by Crippen LogP contribution is -2.19. The molecule has 1 aromatic heterocycles. The topological polar surface area (TPSA) is 66.9 Å². The van der Waals surface area contributed by atoms with E-state index in [0.717, 1.165) is 24.9 Å². The lowest BCUT2D eigenvalue weighted by Gasteiger charge is -2.26. The maximum atomic E-state index is 12.2. The van der Waals surface area contributed by atoms with E-state index < -0.39 is 0 Å². The molecule has 130 valence electrons. The molecule has 0 saturated carbocycles. The van der Waals surface area contributed by atoms with Crippen LogP contribution in [0, 0.1) is 0 Å². The zero-order chi connectivity index (χ0) is 17.8. The molecular formula is C21H20N4O. The summed E-state index contributed by atoms with van der Waals surface area (Å²) < 4.78 is 0. The first-order chi connectivity index (χ1) is 12.8.